The summed E-state index contributed by atoms with van der Waals surface area (Å²) in [5.41, 5.74) is 2.32. The number of morpholine rings is 1. The molecule has 4 rings (SSSR count). The van der Waals surface area contributed by atoms with Crippen LogP contribution in [0.25, 0.3) is 0 Å². The van der Waals surface area contributed by atoms with Crippen LogP contribution in [0, 0.1) is 5.92 Å². The third kappa shape index (κ3) is 4.24. The van der Waals surface area contributed by atoms with Gasteiger partial charge in [-0.05, 0) is 48.6 Å². The normalized spacial score (nSPS) is 26.5. The molecule has 2 aromatic rings. The lowest BCUT2D eigenvalue weighted by Crippen LogP contribution is -2.47. The Hall–Kier alpha value is -1.82. The molecule has 1 unspecified atom stereocenters. The molecule has 25 heavy (non-hydrogen) atoms. The summed E-state index contributed by atoms with van der Waals surface area (Å²) in [6, 6.07) is 10.6. The fourth-order valence-electron chi connectivity index (χ4n) is 3.98. The fourth-order valence-corrected chi connectivity index (χ4v) is 3.98. The van der Waals surface area contributed by atoms with Crippen LogP contribution in [0.15, 0.2) is 48.9 Å². The zero-order valence-electron chi connectivity index (χ0n) is 14.5. The van der Waals surface area contributed by atoms with Crippen LogP contribution in [0.3, 0.4) is 0 Å². The molecule has 1 aliphatic heterocycles. The third-order valence-electron chi connectivity index (χ3n) is 5.21. The van der Waals surface area contributed by atoms with E-state index in [9.17, 15) is 0 Å². The summed E-state index contributed by atoms with van der Waals surface area (Å²) in [7, 11) is 0. The Bertz CT molecular complexity index is 653. The summed E-state index contributed by atoms with van der Waals surface area (Å²) in [5.74, 6) is 0.571. The molecule has 5 heteroatoms. The Morgan fingerprint density at radius 3 is 2.88 bits per heavy atom. The number of ether oxygens (including phenoxy) is 2. The first-order valence-corrected chi connectivity index (χ1v) is 9.10. The number of hydrogen-bond donors (Lipinski definition) is 0. The van der Waals surface area contributed by atoms with Crippen molar-refractivity contribution >= 4 is 0 Å². The van der Waals surface area contributed by atoms with Gasteiger partial charge in [0.05, 0.1) is 25.0 Å². The number of pyridine rings is 2. The first-order chi connectivity index (χ1) is 12.4. The van der Waals surface area contributed by atoms with Gasteiger partial charge in [0.15, 0.2) is 0 Å². The highest BCUT2D eigenvalue weighted by Gasteiger charge is 2.40. The van der Waals surface area contributed by atoms with E-state index >= 15 is 0 Å². The Kier molecular flexibility index (Phi) is 5.35. The molecule has 2 fully saturated rings. The molecule has 1 aliphatic carbocycles. The second-order valence-electron chi connectivity index (χ2n) is 6.98. The van der Waals surface area contributed by atoms with E-state index in [0.29, 0.717) is 24.7 Å². The molecule has 132 valence electrons. The van der Waals surface area contributed by atoms with Crippen LogP contribution in [0.1, 0.15) is 24.1 Å². The quantitative estimate of drug-likeness (QED) is 0.810. The molecule has 3 heterocycles. The molecule has 0 spiro atoms. The highest BCUT2D eigenvalue weighted by molar-refractivity contribution is 5.08. The number of nitrogens with zero attached hydrogens (tertiary/aromatic N) is 3. The first-order valence-electron chi connectivity index (χ1n) is 9.10. The highest BCUT2D eigenvalue weighted by Crippen LogP contribution is 2.35. The molecule has 0 aromatic carbocycles. The van der Waals surface area contributed by atoms with Gasteiger partial charge < -0.3 is 9.47 Å². The molecule has 2 aromatic heterocycles. The van der Waals surface area contributed by atoms with Gasteiger partial charge in [-0.15, -0.1) is 0 Å². The average Bonchev–Trinajstić information content (AvgIpc) is 3.08. The van der Waals surface area contributed by atoms with Crippen LogP contribution in [-0.2, 0) is 22.6 Å². The maximum Gasteiger partial charge on any atom is 0.0734 e. The zero-order valence-corrected chi connectivity index (χ0v) is 14.5. The predicted octanol–water partition coefficient (Wildman–Crippen LogP) is 2.67. The Morgan fingerprint density at radius 1 is 1.12 bits per heavy atom. The summed E-state index contributed by atoms with van der Waals surface area (Å²) >= 11 is 0. The second-order valence-corrected chi connectivity index (χ2v) is 6.98. The lowest BCUT2D eigenvalue weighted by molar-refractivity contribution is -0.0595. The van der Waals surface area contributed by atoms with Gasteiger partial charge in [-0.25, -0.2) is 0 Å². The molecule has 2 aliphatic rings. The minimum atomic E-state index is 0.340. The molecule has 0 amide bonds. The summed E-state index contributed by atoms with van der Waals surface area (Å²) in [5, 5.41) is 0. The number of aromatic nitrogens is 2. The van der Waals surface area contributed by atoms with Crippen LogP contribution in [-0.4, -0.2) is 46.8 Å². The molecule has 3 atom stereocenters. The maximum absolute atomic E-state index is 6.04. The molecule has 1 saturated carbocycles. The van der Waals surface area contributed by atoms with E-state index in [-0.39, 0.29) is 0 Å². The molecule has 1 saturated heterocycles. The van der Waals surface area contributed by atoms with Crippen molar-refractivity contribution in [3.63, 3.8) is 0 Å². The predicted molar refractivity (Wildman–Crippen MR) is 94.8 cm³/mol. The standard InChI is InChI=1S/C20H25N3O2/c1-2-6-22-18(3-1)13-23-9-10-25-20-12-17(11-19(20)23)15-24-14-16-4-7-21-8-5-16/h1-8,17,19-20H,9-15H2/t17?,19-,20-/m0/s1. The van der Waals surface area contributed by atoms with E-state index in [4.69, 9.17) is 9.47 Å². The van der Waals surface area contributed by atoms with Crippen LogP contribution in [0.5, 0.6) is 0 Å². The molecule has 0 N–H and O–H groups in total. The van der Waals surface area contributed by atoms with Crippen molar-refractivity contribution in [2.24, 2.45) is 5.92 Å². The van der Waals surface area contributed by atoms with Crippen LogP contribution < -0.4 is 0 Å². The van der Waals surface area contributed by atoms with Crippen LogP contribution >= 0.6 is 0 Å². The summed E-state index contributed by atoms with van der Waals surface area (Å²) in [4.78, 5) is 11.1. The van der Waals surface area contributed by atoms with Crippen LogP contribution in [0.2, 0.25) is 0 Å². The van der Waals surface area contributed by atoms with Crippen molar-refractivity contribution in [1.82, 2.24) is 14.9 Å². The van der Waals surface area contributed by atoms with E-state index in [0.717, 1.165) is 44.8 Å². The minimum absolute atomic E-state index is 0.340. The van der Waals surface area contributed by atoms with E-state index in [1.54, 1.807) is 0 Å². The zero-order chi connectivity index (χ0) is 16.9. The van der Waals surface area contributed by atoms with Gasteiger partial charge in [0.25, 0.3) is 0 Å². The molecule has 5 nitrogen and oxygen atoms in total. The summed E-state index contributed by atoms with van der Waals surface area (Å²) in [6.45, 7) is 4.18. The van der Waals surface area contributed by atoms with Gasteiger partial charge in [-0.3, -0.25) is 14.9 Å². The van der Waals surface area contributed by atoms with Crippen molar-refractivity contribution in [1.29, 1.82) is 0 Å². The lowest BCUT2D eigenvalue weighted by Gasteiger charge is -2.37. The van der Waals surface area contributed by atoms with E-state index in [1.165, 1.54) is 5.56 Å². The Balaban J connectivity index is 1.30. The van der Waals surface area contributed by atoms with Crippen molar-refractivity contribution in [3.8, 4) is 0 Å². The first kappa shape index (κ1) is 16.6. The van der Waals surface area contributed by atoms with Crippen molar-refractivity contribution < 1.29 is 9.47 Å². The van der Waals surface area contributed by atoms with E-state index in [2.05, 4.69) is 27.0 Å². The van der Waals surface area contributed by atoms with E-state index in [1.807, 2.05) is 36.8 Å². The van der Waals surface area contributed by atoms with Crippen molar-refractivity contribution in [2.75, 3.05) is 19.8 Å². The smallest absolute Gasteiger partial charge is 0.0734 e. The van der Waals surface area contributed by atoms with Gasteiger partial charge in [-0.2, -0.15) is 0 Å². The molecular formula is C20H25N3O2. The van der Waals surface area contributed by atoms with Crippen LogP contribution in [0.4, 0.5) is 0 Å². The number of fused-ring (bicyclic) bond motifs is 1. The van der Waals surface area contributed by atoms with Gasteiger partial charge in [-0.1, -0.05) is 6.07 Å². The SMILES string of the molecule is c1ccc(CN2CCO[C@H]3CC(COCc4ccncc4)C[C@@H]32)nc1. The molecule has 0 radical (unpaired) electrons. The highest BCUT2D eigenvalue weighted by atomic mass is 16.5. The van der Waals surface area contributed by atoms with Crippen molar-refractivity contribution in [2.45, 2.75) is 38.1 Å². The second kappa shape index (κ2) is 8.04. The van der Waals surface area contributed by atoms with Crippen molar-refractivity contribution in [3.05, 3.63) is 60.2 Å². The van der Waals surface area contributed by atoms with Gasteiger partial charge >= 0.3 is 0 Å². The Labute approximate surface area is 149 Å². The minimum Gasteiger partial charge on any atom is -0.376 e. The maximum atomic E-state index is 6.04. The topological polar surface area (TPSA) is 47.5 Å². The Morgan fingerprint density at radius 2 is 2.04 bits per heavy atom. The van der Waals surface area contributed by atoms with E-state index < -0.39 is 0 Å². The largest absolute Gasteiger partial charge is 0.376 e. The third-order valence-corrected chi connectivity index (χ3v) is 5.21. The van der Waals surface area contributed by atoms with Gasteiger partial charge in [0.1, 0.15) is 0 Å². The molecular weight excluding hydrogens is 314 g/mol. The average molecular weight is 339 g/mol. The number of rotatable bonds is 6. The summed E-state index contributed by atoms with van der Waals surface area (Å²) in [6.07, 6.45) is 8.08. The van der Waals surface area contributed by atoms with Gasteiger partial charge in [0.2, 0.25) is 0 Å². The molecule has 0 bridgehead atoms. The van der Waals surface area contributed by atoms with Gasteiger partial charge in [0, 0.05) is 44.3 Å². The fraction of sp³-hybridized carbons (Fsp3) is 0.500. The number of hydrogen-bond acceptors (Lipinski definition) is 5. The lowest BCUT2D eigenvalue weighted by atomic mass is 10.1. The monoisotopic (exact) mass is 339 g/mol. The summed E-state index contributed by atoms with van der Waals surface area (Å²) < 4.78 is 12.0.